The zero-order valence-electron chi connectivity index (χ0n) is 11.3. The molecule has 5 nitrogen and oxygen atoms in total. The smallest absolute Gasteiger partial charge is 0.228 e. The Morgan fingerprint density at radius 3 is 2.68 bits per heavy atom. The van der Waals surface area contributed by atoms with Crippen molar-refractivity contribution >= 4 is 15.7 Å². The van der Waals surface area contributed by atoms with Gasteiger partial charge in [-0.3, -0.25) is 4.79 Å². The maximum absolute atomic E-state index is 12.4. The number of hydrogen-bond acceptors (Lipinski definition) is 4. The molecule has 1 amide bonds. The zero-order chi connectivity index (χ0) is 14.5. The third kappa shape index (κ3) is 4.22. The monoisotopic (exact) mass is 286 g/mol. The largest absolute Gasteiger partial charge is 0.330 e. The molecular formula is C13H22N2O3S. The maximum Gasteiger partial charge on any atom is 0.228 e. The topological polar surface area (TPSA) is 80.5 Å². The van der Waals surface area contributed by atoms with Crippen LogP contribution in [0.5, 0.6) is 0 Å². The van der Waals surface area contributed by atoms with Crippen molar-refractivity contribution in [2.24, 2.45) is 11.7 Å². The fourth-order valence-corrected chi connectivity index (χ4v) is 4.16. The maximum atomic E-state index is 12.4. The van der Waals surface area contributed by atoms with Crippen LogP contribution in [0, 0.1) is 18.3 Å². The fraction of sp³-hybridized carbons (Fsp3) is 0.769. The number of carbonyl (C=O) groups is 1. The molecule has 0 spiro atoms. The first-order valence-electron chi connectivity index (χ1n) is 6.59. The minimum atomic E-state index is -3.03. The van der Waals surface area contributed by atoms with Crippen LogP contribution in [0.2, 0.25) is 0 Å². The van der Waals surface area contributed by atoms with E-state index in [4.69, 9.17) is 12.2 Å². The molecule has 1 fully saturated rings. The van der Waals surface area contributed by atoms with Crippen LogP contribution in [0.25, 0.3) is 0 Å². The predicted molar refractivity (Wildman–Crippen MR) is 75.1 cm³/mol. The standard InChI is InChI=1S/C13H22N2O3S/c1-3-5-11(9-14)13(16)15(7-4-2)12-6-8-19(17,18)10-12/h2,11-12H,3,5-10,14H2,1H3. The Morgan fingerprint density at radius 1 is 1.58 bits per heavy atom. The summed E-state index contributed by atoms with van der Waals surface area (Å²) in [6.45, 7) is 2.41. The van der Waals surface area contributed by atoms with Gasteiger partial charge in [0.2, 0.25) is 5.91 Å². The second-order valence-electron chi connectivity index (χ2n) is 4.95. The van der Waals surface area contributed by atoms with Crippen LogP contribution in [-0.2, 0) is 14.6 Å². The summed E-state index contributed by atoms with van der Waals surface area (Å²) >= 11 is 0. The highest BCUT2D eigenvalue weighted by molar-refractivity contribution is 7.91. The summed E-state index contributed by atoms with van der Waals surface area (Å²) in [6, 6.07) is -0.292. The van der Waals surface area contributed by atoms with Crippen LogP contribution in [0.15, 0.2) is 0 Å². The summed E-state index contributed by atoms with van der Waals surface area (Å²) in [4.78, 5) is 13.9. The lowest BCUT2D eigenvalue weighted by molar-refractivity contribution is -0.136. The van der Waals surface area contributed by atoms with Gasteiger partial charge in [0.15, 0.2) is 9.84 Å². The molecule has 1 rings (SSSR count). The predicted octanol–water partition coefficient (Wildman–Crippen LogP) is 0.0103. The van der Waals surface area contributed by atoms with Crippen LogP contribution in [-0.4, -0.2) is 49.9 Å². The molecule has 1 aliphatic heterocycles. The Labute approximate surface area is 115 Å². The third-order valence-electron chi connectivity index (χ3n) is 3.46. The number of carbonyl (C=O) groups excluding carboxylic acids is 1. The van der Waals surface area contributed by atoms with E-state index in [0.29, 0.717) is 12.8 Å². The van der Waals surface area contributed by atoms with Gasteiger partial charge < -0.3 is 10.6 Å². The van der Waals surface area contributed by atoms with E-state index in [1.54, 1.807) is 0 Å². The number of nitrogens with zero attached hydrogens (tertiary/aromatic N) is 1. The Bertz CT molecular complexity index is 453. The van der Waals surface area contributed by atoms with Crippen molar-refractivity contribution in [3.05, 3.63) is 0 Å². The number of sulfone groups is 1. The molecule has 19 heavy (non-hydrogen) atoms. The van der Waals surface area contributed by atoms with Crippen molar-refractivity contribution in [3.8, 4) is 12.3 Å². The fourth-order valence-electron chi connectivity index (χ4n) is 2.43. The molecule has 0 aromatic heterocycles. The second kappa shape index (κ2) is 6.92. The number of rotatable bonds is 6. The highest BCUT2D eigenvalue weighted by Gasteiger charge is 2.36. The minimum Gasteiger partial charge on any atom is -0.330 e. The van der Waals surface area contributed by atoms with Crippen LogP contribution in [0.3, 0.4) is 0 Å². The first-order chi connectivity index (χ1) is 8.95. The Morgan fingerprint density at radius 2 is 2.26 bits per heavy atom. The average Bonchev–Trinajstić information content (AvgIpc) is 2.72. The number of terminal acetylenes is 1. The van der Waals surface area contributed by atoms with Gasteiger partial charge in [-0.1, -0.05) is 19.3 Å². The van der Waals surface area contributed by atoms with Crippen LogP contribution in [0.4, 0.5) is 0 Å². The SMILES string of the molecule is C#CCN(C(=O)C(CN)CCC)C1CCS(=O)(=O)C1. The highest BCUT2D eigenvalue weighted by Crippen LogP contribution is 2.20. The number of amides is 1. The molecule has 0 radical (unpaired) electrons. The summed E-state index contributed by atoms with van der Waals surface area (Å²) in [5.74, 6) is 2.22. The molecule has 0 aromatic rings. The number of hydrogen-bond donors (Lipinski definition) is 1. The molecule has 108 valence electrons. The van der Waals surface area contributed by atoms with Gasteiger partial charge in [0.25, 0.3) is 0 Å². The Balaban J connectivity index is 2.83. The van der Waals surface area contributed by atoms with E-state index in [1.807, 2.05) is 6.92 Å². The molecule has 2 unspecified atom stereocenters. The first kappa shape index (κ1) is 16.0. The van der Waals surface area contributed by atoms with E-state index in [-0.39, 0.29) is 42.5 Å². The lowest BCUT2D eigenvalue weighted by Gasteiger charge is -2.29. The first-order valence-corrected chi connectivity index (χ1v) is 8.41. The molecular weight excluding hydrogens is 264 g/mol. The van der Waals surface area contributed by atoms with E-state index >= 15 is 0 Å². The van der Waals surface area contributed by atoms with Gasteiger partial charge in [0.1, 0.15) is 0 Å². The molecule has 0 saturated carbocycles. The molecule has 2 N–H and O–H groups in total. The quantitative estimate of drug-likeness (QED) is 0.698. The van der Waals surface area contributed by atoms with Crippen LogP contribution < -0.4 is 5.73 Å². The Hall–Kier alpha value is -1.06. The summed E-state index contributed by atoms with van der Waals surface area (Å²) in [6.07, 6.45) is 7.33. The highest BCUT2D eigenvalue weighted by atomic mass is 32.2. The summed E-state index contributed by atoms with van der Waals surface area (Å²) < 4.78 is 23.0. The second-order valence-corrected chi connectivity index (χ2v) is 7.18. The lowest BCUT2D eigenvalue weighted by Crippen LogP contribution is -2.46. The van der Waals surface area contributed by atoms with Crippen LogP contribution in [0.1, 0.15) is 26.2 Å². The van der Waals surface area contributed by atoms with Gasteiger partial charge in [-0.25, -0.2) is 8.42 Å². The van der Waals surface area contributed by atoms with Crippen molar-refractivity contribution in [3.63, 3.8) is 0 Å². The Kier molecular flexibility index (Phi) is 5.83. The van der Waals surface area contributed by atoms with E-state index in [9.17, 15) is 13.2 Å². The zero-order valence-corrected chi connectivity index (χ0v) is 12.2. The normalized spacial score (nSPS) is 22.7. The van der Waals surface area contributed by atoms with Crippen molar-refractivity contribution in [1.29, 1.82) is 0 Å². The number of nitrogens with two attached hydrogens (primary N) is 1. The molecule has 0 aliphatic carbocycles. The van der Waals surface area contributed by atoms with Gasteiger partial charge in [-0.15, -0.1) is 6.42 Å². The molecule has 1 heterocycles. The average molecular weight is 286 g/mol. The van der Waals surface area contributed by atoms with Gasteiger partial charge in [-0.05, 0) is 12.8 Å². The van der Waals surface area contributed by atoms with Crippen molar-refractivity contribution < 1.29 is 13.2 Å². The summed E-state index contributed by atoms with van der Waals surface area (Å²) in [7, 11) is -3.03. The van der Waals surface area contributed by atoms with E-state index < -0.39 is 9.84 Å². The van der Waals surface area contributed by atoms with Crippen molar-refractivity contribution in [2.75, 3.05) is 24.6 Å². The van der Waals surface area contributed by atoms with Gasteiger partial charge in [0, 0.05) is 12.6 Å². The van der Waals surface area contributed by atoms with E-state index in [2.05, 4.69) is 5.92 Å². The molecule has 0 aromatic carbocycles. The molecule has 1 saturated heterocycles. The van der Waals surface area contributed by atoms with Gasteiger partial charge >= 0.3 is 0 Å². The van der Waals surface area contributed by atoms with Crippen molar-refractivity contribution in [1.82, 2.24) is 4.90 Å². The van der Waals surface area contributed by atoms with Gasteiger partial charge in [-0.2, -0.15) is 0 Å². The summed E-state index contributed by atoms with van der Waals surface area (Å²) in [5, 5.41) is 0. The summed E-state index contributed by atoms with van der Waals surface area (Å²) in [5.41, 5.74) is 5.63. The van der Waals surface area contributed by atoms with Crippen molar-refractivity contribution in [2.45, 2.75) is 32.2 Å². The minimum absolute atomic E-state index is 0.0177. The third-order valence-corrected chi connectivity index (χ3v) is 5.22. The molecule has 0 bridgehead atoms. The van der Waals surface area contributed by atoms with Crippen LogP contribution >= 0.6 is 0 Å². The lowest BCUT2D eigenvalue weighted by atomic mass is 10.0. The van der Waals surface area contributed by atoms with Gasteiger partial charge in [0.05, 0.1) is 24.0 Å². The molecule has 6 heteroatoms. The van der Waals surface area contributed by atoms with E-state index in [0.717, 1.165) is 6.42 Å². The van der Waals surface area contributed by atoms with E-state index in [1.165, 1.54) is 4.90 Å². The molecule has 1 aliphatic rings. The molecule has 2 atom stereocenters.